The van der Waals surface area contributed by atoms with Crippen LogP contribution in [0.3, 0.4) is 0 Å². The summed E-state index contributed by atoms with van der Waals surface area (Å²) in [7, 11) is 0. The summed E-state index contributed by atoms with van der Waals surface area (Å²) in [4.78, 5) is 12.3. The Morgan fingerprint density at radius 2 is 2.20 bits per heavy atom. The molecular formula is C13H11F3N2O2. The van der Waals surface area contributed by atoms with Gasteiger partial charge in [0, 0.05) is 18.8 Å². The molecule has 0 aliphatic carbocycles. The van der Waals surface area contributed by atoms with Crippen LogP contribution in [0.15, 0.2) is 18.2 Å². The Balaban J connectivity index is 2.21. The molecule has 1 aromatic rings. The fourth-order valence-corrected chi connectivity index (χ4v) is 2.23. The van der Waals surface area contributed by atoms with E-state index in [0.29, 0.717) is 24.2 Å². The van der Waals surface area contributed by atoms with Gasteiger partial charge in [0.05, 0.1) is 11.6 Å². The molecule has 0 saturated carbocycles. The minimum absolute atomic E-state index is 0.109. The Bertz CT molecular complexity index is 578. The van der Waals surface area contributed by atoms with Crippen molar-refractivity contribution in [1.82, 2.24) is 0 Å². The molecule has 2 rings (SSSR count). The zero-order chi connectivity index (χ0) is 14.9. The van der Waals surface area contributed by atoms with E-state index in [1.807, 2.05) is 0 Å². The largest absolute Gasteiger partial charge is 0.478 e. The molecule has 1 aliphatic heterocycles. The van der Waals surface area contributed by atoms with E-state index in [-0.39, 0.29) is 5.56 Å². The van der Waals surface area contributed by atoms with E-state index in [9.17, 15) is 18.0 Å². The number of carboxylic acids is 1. The molecule has 1 heterocycles. The standard InChI is InChI=1S/C13H11F3N2O2/c14-13(15,16)10(6-17)7-18-4-3-8-5-9(12(19)20)1-2-11(8)18/h1-2,5,10H,3-4,7H2,(H,19,20). The fraction of sp³-hybridized carbons (Fsp3) is 0.385. The molecule has 1 N–H and O–H groups in total. The zero-order valence-corrected chi connectivity index (χ0v) is 10.3. The molecule has 1 aliphatic rings. The highest BCUT2D eigenvalue weighted by Gasteiger charge is 2.41. The number of alkyl halides is 3. The molecule has 7 heteroatoms. The van der Waals surface area contributed by atoms with Crippen LogP contribution in [0.1, 0.15) is 15.9 Å². The quantitative estimate of drug-likeness (QED) is 0.926. The summed E-state index contributed by atoms with van der Waals surface area (Å²) in [5.74, 6) is -3.12. The average Bonchev–Trinajstić information content (AvgIpc) is 2.76. The maximum atomic E-state index is 12.6. The zero-order valence-electron chi connectivity index (χ0n) is 10.3. The third-order valence-corrected chi connectivity index (χ3v) is 3.27. The van der Waals surface area contributed by atoms with Crippen molar-refractivity contribution in [2.75, 3.05) is 18.0 Å². The number of benzene rings is 1. The molecule has 4 nitrogen and oxygen atoms in total. The number of nitrogens with zero attached hydrogens (tertiary/aromatic N) is 2. The van der Waals surface area contributed by atoms with Gasteiger partial charge in [0.25, 0.3) is 0 Å². The maximum Gasteiger partial charge on any atom is 0.406 e. The summed E-state index contributed by atoms with van der Waals surface area (Å²) in [5.41, 5.74) is 1.38. The molecule has 0 fully saturated rings. The molecule has 0 bridgehead atoms. The number of fused-ring (bicyclic) bond motifs is 1. The topological polar surface area (TPSA) is 64.3 Å². The number of carboxylic acid groups (broad SMARTS) is 1. The Morgan fingerprint density at radius 3 is 2.75 bits per heavy atom. The van der Waals surface area contributed by atoms with Crippen molar-refractivity contribution in [3.63, 3.8) is 0 Å². The highest BCUT2D eigenvalue weighted by molar-refractivity contribution is 5.88. The van der Waals surface area contributed by atoms with Gasteiger partial charge in [0.2, 0.25) is 0 Å². The number of hydrogen-bond donors (Lipinski definition) is 1. The third kappa shape index (κ3) is 2.69. The first-order chi connectivity index (χ1) is 9.32. The van der Waals surface area contributed by atoms with Crippen LogP contribution in [-0.4, -0.2) is 30.3 Å². The van der Waals surface area contributed by atoms with Crippen LogP contribution in [0.4, 0.5) is 18.9 Å². The second-order valence-corrected chi connectivity index (χ2v) is 4.57. The second kappa shape index (κ2) is 5.04. The lowest BCUT2D eigenvalue weighted by atomic mass is 10.1. The molecule has 0 amide bonds. The molecule has 106 valence electrons. The smallest absolute Gasteiger partial charge is 0.406 e. The first kappa shape index (κ1) is 14.2. The van der Waals surface area contributed by atoms with Crippen molar-refractivity contribution < 1.29 is 23.1 Å². The lowest BCUT2D eigenvalue weighted by Gasteiger charge is -2.23. The summed E-state index contributed by atoms with van der Waals surface area (Å²) >= 11 is 0. The number of halogens is 3. The van der Waals surface area contributed by atoms with Gasteiger partial charge in [0.15, 0.2) is 5.92 Å². The number of nitriles is 1. The summed E-state index contributed by atoms with van der Waals surface area (Å²) in [6.07, 6.45) is -4.08. The highest BCUT2D eigenvalue weighted by Crippen LogP contribution is 2.33. The van der Waals surface area contributed by atoms with Crippen LogP contribution < -0.4 is 4.90 Å². The molecular weight excluding hydrogens is 273 g/mol. The van der Waals surface area contributed by atoms with E-state index in [4.69, 9.17) is 10.4 Å². The van der Waals surface area contributed by atoms with Crippen molar-refractivity contribution >= 4 is 11.7 Å². The molecule has 20 heavy (non-hydrogen) atoms. The van der Waals surface area contributed by atoms with Crippen LogP contribution in [0.25, 0.3) is 0 Å². The summed E-state index contributed by atoms with van der Waals surface area (Å²) in [5, 5.41) is 17.5. The van der Waals surface area contributed by atoms with Crippen LogP contribution in [0, 0.1) is 17.2 Å². The van der Waals surface area contributed by atoms with Crippen molar-refractivity contribution in [3.05, 3.63) is 29.3 Å². The van der Waals surface area contributed by atoms with E-state index in [1.54, 1.807) is 0 Å². The Kier molecular flexibility index (Phi) is 3.57. The fourth-order valence-electron chi connectivity index (χ4n) is 2.23. The van der Waals surface area contributed by atoms with Gasteiger partial charge in [-0.15, -0.1) is 0 Å². The van der Waals surface area contributed by atoms with Gasteiger partial charge < -0.3 is 10.0 Å². The maximum absolute atomic E-state index is 12.6. The lowest BCUT2D eigenvalue weighted by molar-refractivity contribution is -0.156. The van der Waals surface area contributed by atoms with Gasteiger partial charge >= 0.3 is 12.1 Å². The van der Waals surface area contributed by atoms with Gasteiger partial charge in [-0.1, -0.05) is 0 Å². The molecule has 0 saturated heterocycles. The highest BCUT2D eigenvalue weighted by atomic mass is 19.4. The Labute approximate surface area is 113 Å². The van der Waals surface area contributed by atoms with Gasteiger partial charge in [0.1, 0.15) is 0 Å². The first-order valence-corrected chi connectivity index (χ1v) is 5.90. The molecule has 0 radical (unpaired) electrons. The first-order valence-electron chi connectivity index (χ1n) is 5.90. The molecule has 1 aromatic carbocycles. The summed E-state index contributed by atoms with van der Waals surface area (Å²) in [6, 6.07) is 5.59. The van der Waals surface area contributed by atoms with E-state index in [2.05, 4.69) is 0 Å². The molecule has 1 unspecified atom stereocenters. The number of anilines is 1. The van der Waals surface area contributed by atoms with E-state index < -0.39 is 24.6 Å². The van der Waals surface area contributed by atoms with Crippen LogP contribution in [-0.2, 0) is 6.42 Å². The van der Waals surface area contributed by atoms with Crippen molar-refractivity contribution in [2.24, 2.45) is 5.92 Å². The Hall–Kier alpha value is -2.23. The van der Waals surface area contributed by atoms with Gasteiger partial charge in [-0.3, -0.25) is 0 Å². The minimum atomic E-state index is -4.56. The van der Waals surface area contributed by atoms with Crippen LogP contribution in [0.2, 0.25) is 0 Å². The lowest BCUT2D eigenvalue weighted by Crippen LogP contribution is -2.35. The number of carbonyl (C=O) groups is 1. The average molecular weight is 284 g/mol. The van der Waals surface area contributed by atoms with E-state index >= 15 is 0 Å². The molecule has 0 spiro atoms. The summed E-state index contributed by atoms with van der Waals surface area (Å²) < 4.78 is 37.8. The third-order valence-electron chi connectivity index (χ3n) is 3.27. The number of hydrogen-bond acceptors (Lipinski definition) is 3. The summed E-state index contributed by atoms with van der Waals surface area (Å²) in [6.45, 7) is -0.0773. The molecule has 1 atom stereocenters. The monoisotopic (exact) mass is 284 g/mol. The van der Waals surface area contributed by atoms with Gasteiger partial charge in [-0.25, -0.2) is 4.79 Å². The second-order valence-electron chi connectivity index (χ2n) is 4.57. The number of aromatic carboxylic acids is 1. The van der Waals surface area contributed by atoms with E-state index in [1.165, 1.54) is 29.2 Å². The predicted molar refractivity (Wildman–Crippen MR) is 64.5 cm³/mol. The SMILES string of the molecule is N#CC(CN1CCc2cc(C(=O)O)ccc21)C(F)(F)F. The molecule has 0 aromatic heterocycles. The van der Waals surface area contributed by atoms with Crippen LogP contribution >= 0.6 is 0 Å². The number of rotatable bonds is 3. The normalized spacial score (nSPS) is 15.6. The Morgan fingerprint density at radius 1 is 1.50 bits per heavy atom. The van der Waals surface area contributed by atoms with Gasteiger partial charge in [-0.05, 0) is 30.2 Å². The minimum Gasteiger partial charge on any atom is -0.478 e. The van der Waals surface area contributed by atoms with Crippen molar-refractivity contribution in [2.45, 2.75) is 12.6 Å². The van der Waals surface area contributed by atoms with Crippen LogP contribution in [0.5, 0.6) is 0 Å². The van der Waals surface area contributed by atoms with Gasteiger partial charge in [-0.2, -0.15) is 18.4 Å². The van der Waals surface area contributed by atoms with E-state index in [0.717, 1.165) is 0 Å². The van der Waals surface area contributed by atoms with Crippen molar-refractivity contribution in [3.8, 4) is 6.07 Å². The predicted octanol–water partition coefficient (Wildman–Crippen LogP) is 2.45. The van der Waals surface area contributed by atoms with Crippen molar-refractivity contribution in [1.29, 1.82) is 5.26 Å².